The third-order valence-electron chi connectivity index (χ3n) is 2.54. The van der Waals surface area contributed by atoms with Crippen molar-refractivity contribution in [2.45, 2.75) is 11.8 Å². The van der Waals surface area contributed by atoms with Crippen molar-refractivity contribution in [2.24, 2.45) is 0 Å². The van der Waals surface area contributed by atoms with Gasteiger partial charge >= 0.3 is 0 Å². The number of hydrogen-bond donors (Lipinski definition) is 0. The molecule has 0 saturated heterocycles. The van der Waals surface area contributed by atoms with Gasteiger partial charge in [0, 0.05) is 9.50 Å². The maximum absolute atomic E-state index is 6.39. The summed E-state index contributed by atoms with van der Waals surface area (Å²) in [5.74, 6) is 0. The van der Waals surface area contributed by atoms with Crippen LogP contribution in [0.25, 0.3) is 0 Å². The Kier molecular flexibility index (Phi) is 4.49. The monoisotopic (exact) mass is 328 g/mol. The summed E-state index contributed by atoms with van der Waals surface area (Å²) in [6.45, 7) is 0. The molecular formula is C14H11BrCl2. The molecule has 0 bridgehead atoms. The van der Waals surface area contributed by atoms with Crippen molar-refractivity contribution >= 4 is 39.1 Å². The highest BCUT2D eigenvalue weighted by Crippen LogP contribution is 2.27. The van der Waals surface area contributed by atoms with E-state index in [1.54, 1.807) is 0 Å². The van der Waals surface area contributed by atoms with Gasteiger partial charge in [-0.15, -0.1) is 11.6 Å². The number of halogens is 3. The van der Waals surface area contributed by atoms with Gasteiger partial charge in [0.1, 0.15) is 0 Å². The predicted octanol–water partition coefficient (Wildman–Crippen LogP) is 5.63. The Hall–Kier alpha value is -0.500. The molecule has 0 N–H and O–H groups in total. The highest BCUT2D eigenvalue weighted by Gasteiger charge is 2.08. The molecule has 2 aromatic rings. The molecule has 0 aliphatic heterocycles. The molecule has 1 atom stereocenters. The van der Waals surface area contributed by atoms with Crippen LogP contribution in [0.2, 0.25) is 5.02 Å². The van der Waals surface area contributed by atoms with E-state index in [0.717, 1.165) is 21.5 Å². The van der Waals surface area contributed by atoms with E-state index in [4.69, 9.17) is 23.2 Å². The lowest BCUT2D eigenvalue weighted by Gasteiger charge is -2.10. The maximum Gasteiger partial charge on any atom is 0.0625 e. The number of benzene rings is 2. The molecule has 0 saturated carbocycles. The molecule has 1 unspecified atom stereocenters. The van der Waals surface area contributed by atoms with E-state index in [2.05, 4.69) is 28.1 Å². The normalized spacial score (nSPS) is 12.4. The first kappa shape index (κ1) is 12.9. The topological polar surface area (TPSA) is 0 Å². The molecule has 2 aromatic carbocycles. The van der Waals surface area contributed by atoms with Crippen LogP contribution in [0.4, 0.5) is 0 Å². The molecule has 0 radical (unpaired) electrons. The largest absolute Gasteiger partial charge is 0.117 e. The molecule has 0 spiro atoms. The zero-order chi connectivity index (χ0) is 12.3. The van der Waals surface area contributed by atoms with E-state index in [9.17, 15) is 0 Å². The Balaban J connectivity index is 2.11. The van der Waals surface area contributed by atoms with Gasteiger partial charge in [-0.2, -0.15) is 0 Å². The van der Waals surface area contributed by atoms with Crippen molar-refractivity contribution in [1.82, 2.24) is 0 Å². The van der Waals surface area contributed by atoms with Crippen molar-refractivity contribution in [3.05, 3.63) is 69.2 Å². The van der Waals surface area contributed by atoms with Crippen molar-refractivity contribution in [1.29, 1.82) is 0 Å². The SMILES string of the molecule is Clc1ccc(C(Cl)Cc2cccc(Br)c2)cc1. The van der Waals surface area contributed by atoms with Crippen LogP contribution in [0.5, 0.6) is 0 Å². The van der Waals surface area contributed by atoms with Gasteiger partial charge in [-0.1, -0.05) is 51.8 Å². The lowest BCUT2D eigenvalue weighted by atomic mass is 10.0. The maximum atomic E-state index is 6.39. The molecule has 0 fully saturated rings. The van der Waals surface area contributed by atoms with Crippen molar-refractivity contribution in [3.63, 3.8) is 0 Å². The minimum absolute atomic E-state index is 0.0263. The Morgan fingerprint density at radius 1 is 1.06 bits per heavy atom. The van der Waals surface area contributed by atoms with Crippen LogP contribution in [0.15, 0.2) is 53.0 Å². The summed E-state index contributed by atoms with van der Waals surface area (Å²) in [6, 6.07) is 15.9. The molecule has 17 heavy (non-hydrogen) atoms. The van der Waals surface area contributed by atoms with Crippen LogP contribution in [0, 0.1) is 0 Å². The third-order valence-corrected chi connectivity index (χ3v) is 3.69. The van der Waals surface area contributed by atoms with E-state index in [1.165, 1.54) is 5.56 Å². The predicted molar refractivity (Wildman–Crippen MR) is 77.9 cm³/mol. The van der Waals surface area contributed by atoms with Gasteiger partial charge in [0.05, 0.1) is 5.38 Å². The molecular weight excluding hydrogens is 319 g/mol. The van der Waals surface area contributed by atoms with Crippen LogP contribution in [0.1, 0.15) is 16.5 Å². The first-order valence-corrected chi connectivity index (χ1v) is 6.90. The molecule has 0 aliphatic carbocycles. The summed E-state index contributed by atoms with van der Waals surface area (Å²) >= 11 is 15.7. The lowest BCUT2D eigenvalue weighted by molar-refractivity contribution is 0.919. The van der Waals surface area contributed by atoms with Crippen LogP contribution in [0.3, 0.4) is 0 Å². The summed E-state index contributed by atoms with van der Waals surface area (Å²) in [4.78, 5) is 0. The fraction of sp³-hybridized carbons (Fsp3) is 0.143. The number of alkyl halides is 1. The number of hydrogen-bond acceptors (Lipinski definition) is 0. The Morgan fingerprint density at radius 3 is 2.41 bits per heavy atom. The quantitative estimate of drug-likeness (QED) is 0.640. The average Bonchev–Trinajstić information content (AvgIpc) is 2.29. The summed E-state index contributed by atoms with van der Waals surface area (Å²) in [5.41, 5.74) is 2.31. The van der Waals surface area contributed by atoms with Gasteiger partial charge in [0.15, 0.2) is 0 Å². The molecule has 0 aromatic heterocycles. The van der Waals surface area contributed by atoms with Gasteiger partial charge in [-0.3, -0.25) is 0 Å². The van der Waals surface area contributed by atoms with Crippen LogP contribution in [-0.4, -0.2) is 0 Å². The highest BCUT2D eigenvalue weighted by atomic mass is 79.9. The molecule has 2 rings (SSSR count). The van der Waals surface area contributed by atoms with Gasteiger partial charge in [0.2, 0.25) is 0 Å². The molecule has 3 heteroatoms. The van der Waals surface area contributed by atoms with Gasteiger partial charge in [0.25, 0.3) is 0 Å². The molecule has 0 heterocycles. The summed E-state index contributed by atoms with van der Waals surface area (Å²) in [6.07, 6.45) is 0.808. The zero-order valence-corrected chi connectivity index (χ0v) is 12.1. The number of rotatable bonds is 3. The Labute approximate surface area is 120 Å². The minimum Gasteiger partial charge on any atom is -0.117 e. The van der Waals surface area contributed by atoms with E-state index in [0.29, 0.717) is 0 Å². The lowest BCUT2D eigenvalue weighted by Crippen LogP contribution is -1.95. The minimum atomic E-state index is -0.0263. The van der Waals surface area contributed by atoms with Crippen LogP contribution < -0.4 is 0 Å². The molecule has 0 aliphatic rings. The fourth-order valence-corrected chi connectivity index (χ4v) is 2.56. The highest BCUT2D eigenvalue weighted by molar-refractivity contribution is 9.10. The second-order valence-electron chi connectivity index (χ2n) is 3.85. The summed E-state index contributed by atoms with van der Waals surface area (Å²) in [7, 11) is 0. The molecule has 0 amide bonds. The Bertz CT molecular complexity index is 494. The van der Waals surface area contributed by atoms with Crippen molar-refractivity contribution in [2.75, 3.05) is 0 Å². The van der Waals surface area contributed by atoms with Crippen LogP contribution in [-0.2, 0) is 6.42 Å². The summed E-state index contributed by atoms with van der Waals surface area (Å²) < 4.78 is 1.08. The second-order valence-corrected chi connectivity index (χ2v) is 5.73. The first-order chi connectivity index (χ1) is 8.15. The smallest absolute Gasteiger partial charge is 0.0625 e. The van der Waals surface area contributed by atoms with Gasteiger partial charge in [-0.05, 0) is 41.8 Å². The summed E-state index contributed by atoms with van der Waals surface area (Å²) in [5, 5.41) is 0.710. The molecule has 88 valence electrons. The van der Waals surface area contributed by atoms with Crippen molar-refractivity contribution < 1.29 is 0 Å². The van der Waals surface area contributed by atoms with E-state index in [-0.39, 0.29) is 5.38 Å². The zero-order valence-electron chi connectivity index (χ0n) is 9.04. The van der Waals surface area contributed by atoms with E-state index < -0.39 is 0 Å². The van der Waals surface area contributed by atoms with Gasteiger partial charge < -0.3 is 0 Å². The second kappa shape index (κ2) is 5.90. The standard InChI is InChI=1S/C14H11BrCl2/c15-12-3-1-2-10(8-12)9-14(17)11-4-6-13(16)7-5-11/h1-8,14H,9H2. The third kappa shape index (κ3) is 3.74. The average molecular weight is 330 g/mol. The van der Waals surface area contributed by atoms with Gasteiger partial charge in [-0.25, -0.2) is 0 Å². The molecule has 0 nitrogen and oxygen atoms in total. The first-order valence-electron chi connectivity index (χ1n) is 5.29. The van der Waals surface area contributed by atoms with E-state index >= 15 is 0 Å². The van der Waals surface area contributed by atoms with Crippen molar-refractivity contribution in [3.8, 4) is 0 Å². The fourth-order valence-electron chi connectivity index (χ4n) is 1.66. The Morgan fingerprint density at radius 2 is 1.76 bits per heavy atom. The van der Waals surface area contributed by atoms with Crippen LogP contribution >= 0.6 is 39.1 Å². The van der Waals surface area contributed by atoms with E-state index in [1.807, 2.05) is 36.4 Å².